The van der Waals surface area contributed by atoms with Crippen LogP contribution in [0.2, 0.25) is 0 Å². The van der Waals surface area contributed by atoms with Crippen LogP contribution in [0.3, 0.4) is 0 Å². The molecule has 2 unspecified atom stereocenters. The minimum atomic E-state index is -4.48. The van der Waals surface area contributed by atoms with Crippen LogP contribution in [0.15, 0.2) is 23.5 Å². The fourth-order valence-corrected chi connectivity index (χ4v) is 4.22. The molecule has 2 aliphatic heterocycles. The summed E-state index contributed by atoms with van der Waals surface area (Å²) in [5, 5.41) is 20.8. The molecular weight excluding hydrogens is 409 g/mol. The van der Waals surface area contributed by atoms with Crippen molar-refractivity contribution < 1.29 is 28.9 Å². The Hall–Kier alpha value is -2.48. The second kappa shape index (κ2) is 7.09. The van der Waals surface area contributed by atoms with Gasteiger partial charge in [-0.25, -0.2) is 4.98 Å². The molecule has 4 heterocycles. The van der Waals surface area contributed by atoms with Gasteiger partial charge in [-0.1, -0.05) is 0 Å². The van der Waals surface area contributed by atoms with Gasteiger partial charge in [0, 0.05) is 19.4 Å². The van der Waals surface area contributed by atoms with E-state index in [4.69, 9.17) is 15.0 Å². The number of hydrogen-bond donors (Lipinski definition) is 4. The Bertz CT molecular complexity index is 999. The zero-order valence-corrected chi connectivity index (χ0v) is 16.0. The minimum Gasteiger partial charge on any atom is -0.761 e. The molecule has 4 rings (SSSR count). The number of imidazole rings is 1. The van der Waals surface area contributed by atoms with E-state index in [0.717, 1.165) is 10.7 Å². The first-order valence-corrected chi connectivity index (χ1v) is 10.0. The lowest BCUT2D eigenvalue weighted by Crippen LogP contribution is -2.45. The molecule has 5 atom stereocenters. The first-order chi connectivity index (χ1) is 13.7. The van der Waals surface area contributed by atoms with E-state index in [9.17, 15) is 24.5 Å². The molecule has 29 heavy (non-hydrogen) atoms. The number of aromatic nitrogens is 4. The van der Waals surface area contributed by atoms with Crippen molar-refractivity contribution >= 4 is 25.2 Å². The first kappa shape index (κ1) is 19.8. The topological polar surface area (TPSA) is 195 Å². The highest BCUT2D eigenvalue weighted by Gasteiger charge is 2.48. The monoisotopic (exact) mass is 428 g/mol. The maximum atomic E-state index is 12.1. The number of nitrogen functional groups attached to an aromatic ring is 1. The molecule has 0 radical (unpaired) electrons. The number of nitrogens with one attached hydrogen (secondary N) is 1. The Kier molecular flexibility index (Phi) is 4.85. The van der Waals surface area contributed by atoms with Crippen molar-refractivity contribution in [1.82, 2.24) is 19.3 Å². The molecule has 2 aliphatic rings. The lowest BCUT2D eigenvalue weighted by atomic mass is 10.1. The van der Waals surface area contributed by atoms with Crippen molar-refractivity contribution in [3.63, 3.8) is 0 Å². The van der Waals surface area contributed by atoms with Gasteiger partial charge >= 0.3 is 0 Å². The third-order valence-corrected chi connectivity index (χ3v) is 6.01. The van der Waals surface area contributed by atoms with Crippen LogP contribution in [0.4, 0.5) is 17.5 Å². The van der Waals surface area contributed by atoms with E-state index in [1.807, 2.05) is 0 Å². The number of aliphatic hydroxyl groups is 2. The van der Waals surface area contributed by atoms with Crippen LogP contribution in [0.25, 0.3) is 0 Å². The molecule has 1 saturated heterocycles. The van der Waals surface area contributed by atoms with Crippen molar-refractivity contribution in [2.45, 2.75) is 24.5 Å². The summed E-state index contributed by atoms with van der Waals surface area (Å²) in [6.07, 6.45) is -1.56. The number of H-pyrrole nitrogens is 1. The molecule has 0 bridgehead atoms. The summed E-state index contributed by atoms with van der Waals surface area (Å²) < 4.78 is 23.5. The molecule has 0 saturated carbocycles. The summed E-state index contributed by atoms with van der Waals surface area (Å²) in [4.78, 5) is 37.4. The summed E-state index contributed by atoms with van der Waals surface area (Å²) in [5.41, 5.74) is 5.38. The fraction of sp³-hybridized carbons (Fsp3) is 0.500. The predicted molar refractivity (Wildman–Crippen MR) is 96.9 cm³/mol. The Labute approximate surface area is 163 Å². The smallest absolute Gasteiger partial charge is 0.278 e. The van der Waals surface area contributed by atoms with Crippen LogP contribution in [-0.2, 0) is 13.8 Å². The van der Waals surface area contributed by atoms with E-state index in [1.165, 1.54) is 17.3 Å². The number of aromatic amines is 1. The van der Waals surface area contributed by atoms with Crippen LogP contribution in [0, 0.1) is 0 Å². The van der Waals surface area contributed by atoms with Crippen molar-refractivity contribution in [2.24, 2.45) is 0 Å². The summed E-state index contributed by atoms with van der Waals surface area (Å²) >= 11 is 0. The second-order valence-corrected chi connectivity index (χ2v) is 8.34. The summed E-state index contributed by atoms with van der Waals surface area (Å²) in [5.74, 6) is 0.0640. The van der Waals surface area contributed by atoms with Crippen molar-refractivity contribution in [2.75, 3.05) is 35.9 Å². The predicted octanol–water partition coefficient (Wildman–Crippen LogP) is -2.76. The van der Waals surface area contributed by atoms with Crippen LogP contribution >= 0.6 is 7.75 Å². The standard InChI is InChI=1S/C14H20N7O7P/c1-19-6-21(11-8(19)12(24)18-14(15)17-11)13-10(23)9(22)7(28-13)4-27-29(25,26)20-3-2-16-5-20/h2-3,5,7,9-10,13,22-23H,4,6H2,1H3,(H,25,26)(H3,15,17,18,24)/p-1/t7-,9+,10?,13-/m1/s1. The van der Waals surface area contributed by atoms with E-state index in [0.29, 0.717) is 0 Å². The average Bonchev–Trinajstić information content (AvgIpc) is 3.35. The Morgan fingerprint density at radius 3 is 2.93 bits per heavy atom. The molecule has 0 aliphatic carbocycles. The largest absolute Gasteiger partial charge is 0.761 e. The molecule has 158 valence electrons. The highest BCUT2D eigenvalue weighted by atomic mass is 31.2. The van der Waals surface area contributed by atoms with Gasteiger partial charge in [0.05, 0.1) is 13.3 Å². The molecule has 15 heteroatoms. The normalized spacial score (nSPS) is 28.6. The second-order valence-electron chi connectivity index (χ2n) is 6.69. The van der Waals surface area contributed by atoms with Crippen LogP contribution in [-0.4, -0.2) is 74.4 Å². The number of anilines is 3. The highest BCUT2D eigenvalue weighted by Crippen LogP contribution is 2.40. The van der Waals surface area contributed by atoms with Crippen LogP contribution in [0.1, 0.15) is 0 Å². The maximum Gasteiger partial charge on any atom is 0.278 e. The first-order valence-electron chi connectivity index (χ1n) is 8.52. The highest BCUT2D eigenvalue weighted by molar-refractivity contribution is 7.49. The molecule has 5 N–H and O–H groups in total. The van der Waals surface area contributed by atoms with E-state index in [1.54, 1.807) is 11.9 Å². The van der Waals surface area contributed by atoms with Crippen molar-refractivity contribution in [1.29, 1.82) is 0 Å². The SMILES string of the molecule is CN1CN([C@@H]2O[C@H](COP(=O)([O-])n3ccnc3)[C@H](O)C2O)c2nc(N)[nH]c(=O)c21. The Morgan fingerprint density at radius 1 is 1.48 bits per heavy atom. The molecule has 2 aromatic heterocycles. The number of aliphatic hydroxyl groups excluding tert-OH is 2. The number of rotatable bonds is 5. The summed E-state index contributed by atoms with van der Waals surface area (Å²) in [6, 6.07) is 0. The number of nitrogens with zero attached hydrogens (tertiary/aromatic N) is 5. The summed E-state index contributed by atoms with van der Waals surface area (Å²) in [6.45, 7) is -0.402. The van der Waals surface area contributed by atoms with Gasteiger partial charge in [-0.2, -0.15) is 4.98 Å². The zero-order valence-electron chi connectivity index (χ0n) is 15.2. The number of ether oxygens (including phenoxy) is 1. The van der Waals surface area contributed by atoms with E-state index in [2.05, 4.69) is 15.0 Å². The van der Waals surface area contributed by atoms with Crippen LogP contribution < -0.4 is 26.0 Å². The Balaban J connectivity index is 1.52. The van der Waals surface area contributed by atoms with Gasteiger partial charge in [0.1, 0.15) is 30.3 Å². The maximum absolute atomic E-state index is 12.1. The number of fused-ring (bicyclic) bond motifs is 1. The van der Waals surface area contributed by atoms with Gasteiger partial charge in [-0.05, 0) is 0 Å². The van der Waals surface area contributed by atoms with Crippen molar-refractivity contribution in [3.05, 3.63) is 29.1 Å². The molecule has 0 aromatic carbocycles. The third-order valence-electron chi connectivity index (χ3n) is 4.73. The minimum absolute atomic E-state index is 0.116. The van der Waals surface area contributed by atoms with Gasteiger partial charge in [-0.15, -0.1) is 0 Å². The molecule has 0 spiro atoms. The van der Waals surface area contributed by atoms with Gasteiger partial charge in [0.25, 0.3) is 5.56 Å². The van der Waals surface area contributed by atoms with Gasteiger partial charge in [0.2, 0.25) is 13.7 Å². The quantitative estimate of drug-likeness (QED) is 0.359. The molecule has 14 nitrogen and oxygen atoms in total. The number of nitrogens with two attached hydrogens (primary N) is 1. The van der Waals surface area contributed by atoms with E-state index in [-0.39, 0.29) is 24.1 Å². The third kappa shape index (κ3) is 3.39. The van der Waals surface area contributed by atoms with Gasteiger partial charge in [-0.3, -0.25) is 18.7 Å². The molecule has 0 amide bonds. The molecule has 2 aromatic rings. The molecule has 1 fully saturated rings. The van der Waals surface area contributed by atoms with E-state index >= 15 is 0 Å². The van der Waals surface area contributed by atoms with E-state index < -0.39 is 44.5 Å². The average molecular weight is 428 g/mol. The van der Waals surface area contributed by atoms with Crippen LogP contribution in [0.5, 0.6) is 0 Å². The fourth-order valence-electron chi connectivity index (χ4n) is 3.34. The molecular formula is C14H19N7O7P-. The lowest BCUT2D eigenvalue weighted by molar-refractivity contribution is -0.205. The van der Waals surface area contributed by atoms with Gasteiger partial charge < -0.3 is 39.9 Å². The van der Waals surface area contributed by atoms with Gasteiger partial charge in [0.15, 0.2) is 12.0 Å². The summed E-state index contributed by atoms with van der Waals surface area (Å²) in [7, 11) is -2.84. The number of hydrogen-bond acceptors (Lipinski definition) is 12. The zero-order chi connectivity index (χ0) is 20.9. The lowest BCUT2D eigenvalue weighted by Gasteiger charge is -2.28. The Morgan fingerprint density at radius 2 is 2.24 bits per heavy atom. The van der Waals surface area contributed by atoms with Crippen molar-refractivity contribution in [3.8, 4) is 0 Å².